The molecule has 2 bridgehead atoms. The van der Waals surface area contributed by atoms with Crippen molar-refractivity contribution in [2.45, 2.75) is 44.7 Å². The molecular formula is C25H32N2O2. The SMILES string of the molecule is COc1ccc(CN2C[C@@H]3CCC[C@H]2C3)cc1-c1ccc(CC(=O)N(C)C)cc1. The van der Waals surface area contributed by atoms with Crippen molar-refractivity contribution in [3.05, 3.63) is 53.6 Å². The molecule has 1 saturated heterocycles. The van der Waals surface area contributed by atoms with Crippen molar-refractivity contribution in [3.63, 3.8) is 0 Å². The number of carbonyl (C=O) groups excluding carboxylic acids is 1. The Bertz CT molecular complexity index is 860. The molecule has 0 aromatic heterocycles. The minimum Gasteiger partial charge on any atom is -0.496 e. The minimum absolute atomic E-state index is 0.119. The Morgan fingerprint density at radius 2 is 1.86 bits per heavy atom. The van der Waals surface area contributed by atoms with E-state index in [0.29, 0.717) is 6.42 Å². The number of methoxy groups -OCH3 is 1. The Kier molecular flexibility index (Phi) is 5.91. The van der Waals surface area contributed by atoms with Crippen molar-refractivity contribution in [1.29, 1.82) is 0 Å². The summed E-state index contributed by atoms with van der Waals surface area (Å²) in [5.41, 5.74) is 4.63. The number of carbonyl (C=O) groups is 1. The van der Waals surface area contributed by atoms with Crippen LogP contribution in [0.1, 0.15) is 36.8 Å². The normalized spacial score (nSPS) is 21.2. The zero-order valence-corrected chi connectivity index (χ0v) is 17.9. The lowest BCUT2D eigenvalue weighted by atomic mass is 9.90. The first kappa shape index (κ1) is 20.0. The first-order chi connectivity index (χ1) is 14.0. The van der Waals surface area contributed by atoms with Crippen LogP contribution in [0.5, 0.6) is 5.75 Å². The minimum atomic E-state index is 0.119. The summed E-state index contributed by atoms with van der Waals surface area (Å²) in [6.07, 6.45) is 5.97. The van der Waals surface area contributed by atoms with E-state index in [2.05, 4.69) is 35.2 Å². The third-order valence-corrected chi connectivity index (χ3v) is 6.53. The van der Waals surface area contributed by atoms with Crippen molar-refractivity contribution >= 4 is 5.91 Å². The fourth-order valence-electron chi connectivity index (χ4n) is 4.88. The van der Waals surface area contributed by atoms with Gasteiger partial charge in [-0.15, -0.1) is 0 Å². The molecule has 2 fully saturated rings. The monoisotopic (exact) mass is 392 g/mol. The predicted octanol–water partition coefficient (Wildman–Crippen LogP) is 4.37. The van der Waals surface area contributed by atoms with Gasteiger partial charge in [0, 0.05) is 38.8 Å². The van der Waals surface area contributed by atoms with Gasteiger partial charge < -0.3 is 9.64 Å². The van der Waals surface area contributed by atoms with Crippen molar-refractivity contribution in [2.24, 2.45) is 5.92 Å². The number of amides is 1. The van der Waals surface area contributed by atoms with Crippen molar-refractivity contribution in [2.75, 3.05) is 27.7 Å². The Hall–Kier alpha value is -2.33. The van der Waals surface area contributed by atoms with E-state index in [-0.39, 0.29) is 5.91 Å². The number of ether oxygens (including phenoxy) is 1. The highest BCUT2D eigenvalue weighted by Gasteiger charge is 2.34. The van der Waals surface area contributed by atoms with Crippen LogP contribution in [0.4, 0.5) is 0 Å². The number of likely N-dealkylation sites (N-methyl/N-ethyl adjacent to an activating group) is 1. The van der Waals surface area contributed by atoms with E-state index in [9.17, 15) is 4.79 Å². The van der Waals surface area contributed by atoms with Gasteiger partial charge in [-0.1, -0.05) is 36.8 Å². The van der Waals surface area contributed by atoms with Crippen LogP contribution in [0.25, 0.3) is 11.1 Å². The number of hydrogen-bond acceptors (Lipinski definition) is 3. The maximum absolute atomic E-state index is 12.0. The average molecular weight is 393 g/mol. The molecule has 0 unspecified atom stereocenters. The van der Waals surface area contributed by atoms with Crippen LogP contribution in [0.15, 0.2) is 42.5 Å². The molecule has 4 rings (SSSR count). The predicted molar refractivity (Wildman–Crippen MR) is 117 cm³/mol. The van der Waals surface area contributed by atoms with E-state index in [4.69, 9.17) is 4.74 Å². The molecule has 2 atom stereocenters. The van der Waals surface area contributed by atoms with Gasteiger partial charge in [-0.3, -0.25) is 9.69 Å². The molecule has 29 heavy (non-hydrogen) atoms. The molecule has 1 aliphatic heterocycles. The highest BCUT2D eigenvalue weighted by atomic mass is 16.5. The molecule has 154 valence electrons. The van der Waals surface area contributed by atoms with Crippen molar-refractivity contribution in [1.82, 2.24) is 9.80 Å². The molecule has 1 saturated carbocycles. The van der Waals surface area contributed by atoms with Crippen LogP contribution in [-0.2, 0) is 17.8 Å². The van der Waals surface area contributed by atoms with Crippen molar-refractivity contribution < 1.29 is 9.53 Å². The number of fused-ring (bicyclic) bond motifs is 2. The Morgan fingerprint density at radius 3 is 2.55 bits per heavy atom. The second kappa shape index (κ2) is 8.58. The standard InChI is InChI=1S/C25H32N2O2/c1-26(2)25(28)15-18-7-10-21(11-8-18)23-14-20(9-12-24(23)29-3)17-27-16-19-5-4-6-22(27)13-19/h7-12,14,19,22H,4-6,13,15-17H2,1-3H3/t19-,22+/m1/s1. The zero-order chi connectivity index (χ0) is 20.4. The van der Waals surface area contributed by atoms with Gasteiger partial charge in [0.2, 0.25) is 5.91 Å². The molecule has 0 radical (unpaired) electrons. The van der Waals surface area contributed by atoms with Crippen LogP contribution in [0.3, 0.4) is 0 Å². The van der Waals surface area contributed by atoms with E-state index in [1.165, 1.54) is 37.8 Å². The zero-order valence-electron chi connectivity index (χ0n) is 17.9. The Balaban J connectivity index is 1.53. The summed E-state index contributed by atoms with van der Waals surface area (Å²) in [5, 5.41) is 0. The third-order valence-electron chi connectivity index (χ3n) is 6.53. The maximum Gasteiger partial charge on any atom is 0.226 e. The van der Waals surface area contributed by atoms with E-state index in [1.54, 1.807) is 26.1 Å². The van der Waals surface area contributed by atoms with Gasteiger partial charge in [0.1, 0.15) is 5.75 Å². The summed E-state index contributed by atoms with van der Waals surface area (Å²) in [7, 11) is 5.31. The lowest BCUT2D eigenvalue weighted by Crippen LogP contribution is -2.28. The first-order valence-electron chi connectivity index (χ1n) is 10.7. The summed E-state index contributed by atoms with van der Waals surface area (Å²) >= 11 is 0. The number of nitrogens with zero attached hydrogens (tertiary/aromatic N) is 2. The lowest BCUT2D eigenvalue weighted by molar-refractivity contribution is -0.127. The molecule has 4 heteroatoms. The van der Waals surface area contributed by atoms with Gasteiger partial charge in [0.25, 0.3) is 0 Å². The molecular weight excluding hydrogens is 360 g/mol. The largest absolute Gasteiger partial charge is 0.496 e. The number of likely N-dealkylation sites (tertiary alicyclic amines) is 1. The summed E-state index contributed by atoms with van der Waals surface area (Å²) in [6.45, 7) is 2.27. The fraction of sp³-hybridized carbons (Fsp3) is 0.480. The quantitative estimate of drug-likeness (QED) is 0.732. The van der Waals surface area contributed by atoms with Gasteiger partial charge in [-0.05, 0) is 54.0 Å². The smallest absolute Gasteiger partial charge is 0.226 e. The summed E-state index contributed by atoms with van der Waals surface area (Å²) in [6, 6.07) is 15.6. The van der Waals surface area contributed by atoms with E-state index in [1.807, 2.05) is 12.1 Å². The van der Waals surface area contributed by atoms with Crippen LogP contribution < -0.4 is 4.74 Å². The summed E-state index contributed by atoms with van der Waals surface area (Å²) in [4.78, 5) is 16.3. The van der Waals surface area contributed by atoms with Crippen molar-refractivity contribution in [3.8, 4) is 16.9 Å². The molecule has 2 aromatic carbocycles. The molecule has 1 aliphatic carbocycles. The van der Waals surface area contributed by atoms with Gasteiger partial charge in [-0.2, -0.15) is 0 Å². The third kappa shape index (κ3) is 4.48. The van der Waals surface area contributed by atoms with Gasteiger partial charge >= 0.3 is 0 Å². The van der Waals surface area contributed by atoms with E-state index >= 15 is 0 Å². The van der Waals surface area contributed by atoms with Crippen LogP contribution in [-0.4, -0.2) is 49.5 Å². The second-order valence-electron chi connectivity index (χ2n) is 8.81. The highest BCUT2D eigenvalue weighted by molar-refractivity contribution is 5.79. The highest BCUT2D eigenvalue weighted by Crippen LogP contribution is 2.37. The number of rotatable bonds is 6. The molecule has 0 spiro atoms. The maximum atomic E-state index is 12.0. The van der Waals surface area contributed by atoms with Crippen LogP contribution in [0, 0.1) is 5.92 Å². The first-order valence-corrected chi connectivity index (χ1v) is 10.7. The number of hydrogen-bond donors (Lipinski definition) is 0. The molecule has 2 aliphatic rings. The molecule has 2 aromatic rings. The van der Waals surface area contributed by atoms with E-state index < -0.39 is 0 Å². The van der Waals surface area contributed by atoms with Crippen LogP contribution in [0.2, 0.25) is 0 Å². The van der Waals surface area contributed by atoms with E-state index in [0.717, 1.165) is 40.9 Å². The Labute approximate surface area is 174 Å². The topological polar surface area (TPSA) is 32.8 Å². The summed E-state index contributed by atoms with van der Waals surface area (Å²) in [5.74, 6) is 1.92. The Morgan fingerprint density at radius 1 is 1.10 bits per heavy atom. The summed E-state index contributed by atoms with van der Waals surface area (Å²) < 4.78 is 5.65. The molecule has 1 heterocycles. The van der Waals surface area contributed by atoms with Crippen LogP contribution >= 0.6 is 0 Å². The molecule has 4 nitrogen and oxygen atoms in total. The van der Waals surface area contributed by atoms with Gasteiger partial charge in [-0.25, -0.2) is 0 Å². The average Bonchev–Trinajstić information content (AvgIpc) is 3.00. The molecule has 1 amide bonds. The van der Waals surface area contributed by atoms with Gasteiger partial charge in [0.15, 0.2) is 0 Å². The lowest BCUT2D eigenvalue weighted by Gasteiger charge is -2.25. The molecule has 0 N–H and O–H groups in total. The second-order valence-corrected chi connectivity index (χ2v) is 8.81. The fourth-order valence-corrected chi connectivity index (χ4v) is 4.88. The van der Waals surface area contributed by atoms with Gasteiger partial charge in [0.05, 0.1) is 13.5 Å². The number of benzene rings is 2.